The number of amides is 1. The largest absolute Gasteiger partial charge is 0.361 e. The first-order chi connectivity index (χ1) is 12.6. The molecule has 0 fully saturated rings. The van der Waals surface area contributed by atoms with Crippen molar-refractivity contribution in [1.82, 2.24) is 20.4 Å². The Morgan fingerprint density at radius 3 is 3.04 bits per heavy atom. The number of thiazole rings is 2. The second-order valence-electron chi connectivity index (χ2n) is 6.49. The van der Waals surface area contributed by atoms with Crippen molar-refractivity contribution >= 4 is 28.6 Å². The summed E-state index contributed by atoms with van der Waals surface area (Å²) in [4.78, 5) is 22.8. The number of fused-ring (bicyclic) bond motifs is 1. The molecule has 26 heavy (non-hydrogen) atoms. The molecule has 0 radical (unpaired) electrons. The molecule has 0 saturated heterocycles. The number of aryl methyl sites for hydroxylation is 3. The van der Waals surface area contributed by atoms with Crippen molar-refractivity contribution in [2.45, 2.75) is 39.5 Å². The van der Waals surface area contributed by atoms with Gasteiger partial charge in [0.25, 0.3) is 0 Å². The summed E-state index contributed by atoms with van der Waals surface area (Å²) in [5.74, 6) is 0.919. The van der Waals surface area contributed by atoms with Crippen LogP contribution in [-0.2, 0) is 24.1 Å². The first-order valence-corrected chi connectivity index (χ1v) is 10.4. The number of hydrogen-bond donors (Lipinski definition) is 1. The van der Waals surface area contributed by atoms with Gasteiger partial charge in [0, 0.05) is 41.8 Å². The molecule has 136 valence electrons. The second-order valence-corrected chi connectivity index (χ2v) is 8.56. The molecule has 0 aromatic carbocycles. The van der Waals surface area contributed by atoms with Crippen molar-refractivity contribution in [1.29, 1.82) is 0 Å². The van der Waals surface area contributed by atoms with E-state index in [2.05, 4.69) is 15.5 Å². The zero-order valence-electron chi connectivity index (χ0n) is 14.7. The van der Waals surface area contributed by atoms with Crippen LogP contribution in [0.5, 0.6) is 0 Å². The Labute approximate surface area is 159 Å². The molecule has 6 nitrogen and oxygen atoms in total. The average Bonchev–Trinajstić information content (AvgIpc) is 3.34. The van der Waals surface area contributed by atoms with Crippen molar-refractivity contribution < 1.29 is 9.32 Å². The molecule has 0 spiro atoms. The third kappa shape index (κ3) is 3.43. The van der Waals surface area contributed by atoms with Gasteiger partial charge >= 0.3 is 0 Å². The number of nitrogens with zero attached hydrogens (tertiary/aromatic N) is 3. The lowest BCUT2D eigenvalue weighted by Gasteiger charge is -2.20. The SMILES string of the molecule is Cc1noc(C)c1-c1nc2c(s1)CCC(C(=O)NCCc1nccs1)C2. The summed E-state index contributed by atoms with van der Waals surface area (Å²) in [5, 5.41) is 11.0. The van der Waals surface area contributed by atoms with Gasteiger partial charge in [-0.3, -0.25) is 4.79 Å². The first kappa shape index (κ1) is 17.4. The van der Waals surface area contributed by atoms with Gasteiger partial charge in [0.1, 0.15) is 10.8 Å². The topological polar surface area (TPSA) is 80.9 Å². The molecular weight excluding hydrogens is 368 g/mol. The quantitative estimate of drug-likeness (QED) is 0.725. The van der Waals surface area contributed by atoms with Crippen molar-refractivity contribution in [3.8, 4) is 10.6 Å². The van der Waals surface area contributed by atoms with Crippen LogP contribution in [0.2, 0.25) is 0 Å². The van der Waals surface area contributed by atoms with Crippen LogP contribution in [-0.4, -0.2) is 27.6 Å². The highest BCUT2D eigenvalue weighted by molar-refractivity contribution is 7.15. The van der Waals surface area contributed by atoms with Gasteiger partial charge in [0.15, 0.2) is 0 Å². The molecule has 1 amide bonds. The standard InChI is InChI=1S/C18H20N4O2S2/c1-10-16(11(2)24-22-10)18-21-13-9-12(3-4-14(13)26-18)17(23)20-6-5-15-19-7-8-25-15/h7-8,12H,3-6,9H2,1-2H3,(H,20,23). The van der Waals surface area contributed by atoms with Crippen molar-refractivity contribution in [2.75, 3.05) is 6.54 Å². The van der Waals surface area contributed by atoms with Crippen LogP contribution >= 0.6 is 22.7 Å². The zero-order chi connectivity index (χ0) is 18.1. The van der Waals surface area contributed by atoms with E-state index in [-0.39, 0.29) is 11.8 Å². The van der Waals surface area contributed by atoms with Crippen LogP contribution in [0.15, 0.2) is 16.1 Å². The summed E-state index contributed by atoms with van der Waals surface area (Å²) in [5.41, 5.74) is 2.91. The molecule has 1 aliphatic rings. The van der Waals surface area contributed by atoms with Crippen LogP contribution in [0.3, 0.4) is 0 Å². The summed E-state index contributed by atoms with van der Waals surface area (Å²) >= 11 is 3.32. The van der Waals surface area contributed by atoms with Gasteiger partial charge < -0.3 is 9.84 Å². The maximum atomic E-state index is 12.5. The predicted molar refractivity (Wildman–Crippen MR) is 101 cm³/mol. The number of nitrogens with one attached hydrogen (secondary N) is 1. The lowest BCUT2D eigenvalue weighted by Crippen LogP contribution is -2.35. The Morgan fingerprint density at radius 2 is 2.31 bits per heavy atom. The van der Waals surface area contributed by atoms with E-state index in [0.29, 0.717) is 13.0 Å². The monoisotopic (exact) mass is 388 g/mol. The summed E-state index contributed by atoms with van der Waals surface area (Å²) in [6, 6.07) is 0. The minimum Gasteiger partial charge on any atom is -0.361 e. The van der Waals surface area contributed by atoms with Gasteiger partial charge in [-0.05, 0) is 26.7 Å². The van der Waals surface area contributed by atoms with Gasteiger partial charge in [-0.25, -0.2) is 9.97 Å². The van der Waals surface area contributed by atoms with Crippen LogP contribution in [0.25, 0.3) is 10.6 Å². The molecule has 1 unspecified atom stereocenters. The number of carbonyl (C=O) groups excluding carboxylic acids is 1. The van der Waals surface area contributed by atoms with Crippen molar-refractivity contribution in [3.63, 3.8) is 0 Å². The minimum atomic E-state index is -0.00147. The van der Waals surface area contributed by atoms with E-state index >= 15 is 0 Å². The fraction of sp³-hybridized carbons (Fsp3) is 0.444. The number of hydrogen-bond acceptors (Lipinski definition) is 7. The molecule has 0 saturated carbocycles. The van der Waals surface area contributed by atoms with Gasteiger partial charge in [-0.2, -0.15) is 0 Å². The van der Waals surface area contributed by atoms with E-state index in [1.807, 2.05) is 19.2 Å². The molecule has 1 atom stereocenters. The zero-order valence-corrected chi connectivity index (χ0v) is 16.4. The maximum absolute atomic E-state index is 12.5. The Morgan fingerprint density at radius 1 is 1.42 bits per heavy atom. The molecule has 3 aromatic heterocycles. The summed E-state index contributed by atoms with van der Waals surface area (Å²) in [6.45, 7) is 4.48. The van der Waals surface area contributed by atoms with Crippen LogP contribution < -0.4 is 5.32 Å². The molecule has 1 aliphatic carbocycles. The van der Waals surface area contributed by atoms with E-state index in [4.69, 9.17) is 9.51 Å². The van der Waals surface area contributed by atoms with Gasteiger partial charge in [-0.1, -0.05) is 5.16 Å². The number of rotatable bonds is 5. The lowest BCUT2D eigenvalue weighted by molar-refractivity contribution is -0.125. The van der Waals surface area contributed by atoms with Crippen molar-refractivity contribution in [3.05, 3.63) is 38.6 Å². The lowest BCUT2D eigenvalue weighted by atomic mass is 9.90. The smallest absolute Gasteiger partial charge is 0.223 e. The Hall–Kier alpha value is -2.06. The highest BCUT2D eigenvalue weighted by atomic mass is 32.1. The average molecular weight is 389 g/mol. The van der Waals surface area contributed by atoms with Crippen LogP contribution in [0, 0.1) is 19.8 Å². The van der Waals surface area contributed by atoms with Crippen LogP contribution in [0.4, 0.5) is 0 Å². The molecule has 8 heteroatoms. The van der Waals surface area contributed by atoms with Crippen LogP contribution in [0.1, 0.15) is 33.5 Å². The van der Waals surface area contributed by atoms with E-state index < -0.39 is 0 Å². The Balaban J connectivity index is 1.40. The van der Waals surface area contributed by atoms with E-state index in [9.17, 15) is 4.79 Å². The van der Waals surface area contributed by atoms with E-state index in [1.54, 1.807) is 28.9 Å². The molecular formula is C18H20N4O2S2. The first-order valence-electron chi connectivity index (χ1n) is 8.69. The Kier molecular flexibility index (Phi) is 4.86. The molecule has 1 N–H and O–H groups in total. The molecule has 0 aliphatic heterocycles. The third-order valence-electron chi connectivity index (χ3n) is 4.68. The fourth-order valence-corrected chi connectivity index (χ4v) is 5.18. The van der Waals surface area contributed by atoms with Gasteiger partial charge in [0.05, 0.1) is 22.0 Å². The van der Waals surface area contributed by atoms with Gasteiger partial charge in [0.2, 0.25) is 5.91 Å². The predicted octanol–water partition coefficient (Wildman–Crippen LogP) is 3.34. The number of carbonyl (C=O) groups is 1. The van der Waals surface area contributed by atoms with E-state index in [0.717, 1.165) is 52.0 Å². The minimum absolute atomic E-state index is 0.00147. The number of aromatic nitrogens is 3. The highest BCUT2D eigenvalue weighted by Gasteiger charge is 2.28. The highest BCUT2D eigenvalue weighted by Crippen LogP contribution is 2.36. The second kappa shape index (κ2) is 7.28. The summed E-state index contributed by atoms with van der Waals surface area (Å²) < 4.78 is 5.26. The maximum Gasteiger partial charge on any atom is 0.223 e. The Bertz CT molecular complexity index is 894. The van der Waals surface area contributed by atoms with Gasteiger partial charge in [-0.15, -0.1) is 22.7 Å². The molecule has 3 aromatic rings. The fourth-order valence-electron chi connectivity index (χ4n) is 3.31. The summed E-state index contributed by atoms with van der Waals surface area (Å²) in [6.07, 6.45) is 5.07. The normalized spacial score (nSPS) is 16.5. The molecule has 3 heterocycles. The molecule has 4 rings (SSSR count). The summed E-state index contributed by atoms with van der Waals surface area (Å²) in [7, 11) is 0. The van der Waals surface area contributed by atoms with Crippen molar-refractivity contribution in [2.24, 2.45) is 5.92 Å². The molecule has 0 bridgehead atoms. The van der Waals surface area contributed by atoms with E-state index in [1.165, 1.54) is 4.88 Å². The third-order valence-corrected chi connectivity index (χ3v) is 6.69.